The molecule has 3 N–H and O–H groups in total. The molecule has 35 heavy (non-hydrogen) atoms. The van der Waals surface area contributed by atoms with Crippen LogP contribution in [-0.4, -0.2) is 59.2 Å². The van der Waals surface area contributed by atoms with E-state index in [-0.39, 0.29) is 24.4 Å². The van der Waals surface area contributed by atoms with Crippen LogP contribution in [0.25, 0.3) is 0 Å². The van der Waals surface area contributed by atoms with Crippen molar-refractivity contribution in [3.8, 4) is 0 Å². The fourth-order valence-corrected chi connectivity index (χ4v) is 6.14. The second-order valence-electron chi connectivity index (χ2n) is 10.3. The van der Waals surface area contributed by atoms with Crippen molar-refractivity contribution in [2.45, 2.75) is 95.3 Å². The first-order valence-electron chi connectivity index (χ1n) is 13.1. The molecule has 3 amide bonds. The molecule has 1 saturated heterocycles. The molecule has 3 aliphatic rings. The van der Waals surface area contributed by atoms with E-state index in [1.165, 1.54) is 11.1 Å². The molecule has 0 bridgehead atoms. The Labute approximate surface area is 215 Å². The van der Waals surface area contributed by atoms with Gasteiger partial charge in [0.2, 0.25) is 0 Å². The molecule has 4 atom stereocenters. The van der Waals surface area contributed by atoms with Crippen LogP contribution >= 0.6 is 12.4 Å². The zero-order valence-corrected chi connectivity index (χ0v) is 21.9. The van der Waals surface area contributed by atoms with Gasteiger partial charge in [-0.15, -0.1) is 12.4 Å². The van der Waals surface area contributed by atoms with Crippen LogP contribution in [0, 0.1) is 5.92 Å². The van der Waals surface area contributed by atoms with Crippen molar-refractivity contribution in [3.05, 3.63) is 35.4 Å². The molecule has 194 valence electrons. The summed E-state index contributed by atoms with van der Waals surface area (Å²) in [6, 6.07) is 6.66. The van der Waals surface area contributed by atoms with Crippen molar-refractivity contribution in [2.75, 3.05) is 13.6 Å². The number of likely N-dealkylation sites (tertiary alicyclic amines) is 1. The molecule has 0 radical (unpaired) electrons. The molecule has 8 heteroatoms. The van der Waals surface area contributed by atoms with Gasteiger partial charge in [0.05, 0.1) is 18.1 Å². The smallest absolute Gasteiger partial charge is 0.253 e. The molecule has 1 heterocycles. The van der Waals surface area contributed by atoms with Gasteiger partial charge >= 0.3 is 0 Å². The number of benzene rings is 1. The van der Waals surface area contributed by atoms with Gasteiger partial charge in [0, 0.05) is 6.04 Å². The standard InChI is InChI=1S/C27H40N4O3.ClH/c1-18(29-2)25(32)31(27(34)24(28)20-11-4-3-5-12-20)26(33)23-16-9-17-30(23)22-15-8-13-19-10-6-7-14-21(19)22;/h6-7,10,14,18,20,22-24,29H,3-5,8-9,11-13,15-17,28H2,1-2H3;1H/t18-,22+,23-,24-;/m0./s1. The van der Waals surface area contributed by atoms with Crippen LogP contribution in [0.3, 0.4) is 0 Å². The van der Waals surface area contributed by atoms with Gasteiger partial charge in [0.15, 0.2) is 0 Å². The van der Waals surface area contributed by atoms with Crippen molar-refractivity contribution in [1.29, 1.82) is 0 Å². The first kappa shape index (κ1) is 27.8. The molecule has 0 spiro atoms. The lowest BCUT2D eigenvalue weighted by atomic mass is 9.83. The Morgan fingerprint density at radius 2 is 1.71 bits per heavy atom. The number of nitrogens with zero attached hydrogens (tertiary/aromatic N) is 2. The van der Waals surface area contributed by atoms with E-state index in [2.05, 4.69) is 34.5 Å². The quantitative estimate of drug-likeness (QED) is 0.616. The first-order chi connectivity index (χ1) is 16.4. The number of imide groups is 3. The van der Waals surface area contributed by atoms with Gasteiger partial charge in [-0.05, 0) is 82.5 Å². The van der Waals surface area contributed by atoms with Crippen LogP contribution in [0.4, 0.5) is 0 Å². The maximum absolute atomic E-state index is 14.0. The maximum atomic E-state index is 14.0. The van der Waals surface area contributed by atoms with E-state index >= 15 is 0 Å². The Morgan fingerprint density at radius 1 is 1.00 bits per heavy atom. The monoisotopic (exact) mass is 504 g/mol. The lowest BCUT2D eigenvalue weighted by Crippen LogP contribution is -2.60. The third-order valence-electron chi connectivity index (χ3n) is 8.22. The Bertz CT molecular complexity index is 904. The van der Waals surface area contributed by atoms with E-state index in [4.69, 9.17) is 5.73 Å². The van der Waals surface area contributed by atoms with Crippen molar-refractivity contribution < 1.29 is 14.4 Å². The number of carbonyl (C=O) groups is 3. The van der Waals surface area contributed by atoms with Gasteiger partial charge in [0.1, 0.15) is 0 Å². The van der Waals surface area contributed by atoms with Crippen LogP contribution in [0.1, 0.15) is 81.9 Å². The van der Waals surface area contributed by atoms with Crippen LogP contribution in [0.5, 0.6) is 0 Å². The van der Waals surface area contributed by atoms with Gasteiger partial charge in [-0.25, -0.2) is 4.90 Å². The van der Waals surface area contributed by atoms with E-state index in [0.717, 1.165) is 69.2 Å². The summed E-state index contributed by atoms with van der Waals surface area (Å²) in [7, 11) is 1.66. The molecule has 1 aliphatic heterocycles. The normalized spacial score (nSPS) is 24.7. The number of hydrogen-bond acceptors (Lipinski definition) is 6. The number of likely N-dealkylation sites (N-methyl/N-ethyl adjacent to an activating group) is 1. The molecule has 0 unspecified atom stereocenters. The number of nitrogens with one attached hydrogen (secondary N) is 1. The molecule has 1 aromatic carbocycles. The summed E-state index contributed by atoms with van der Waals surface area (Å²) in [4.78, 5) is 44.0. The number of aryl methyl sites for hydroxylation is 1. The summed E-state index contributed by atoms with van der Waals surface area (Å²) < 4.78 is 0. The average Bonchev–Trinajstić information content (AvgIpc) is 3.37. The predicted octanol–water partition coefficient (Wildman–Crippen LogP) is 3.35. The molecule has 7 nitrogen and oxygen atoms in total. The van der Waals surface area contributed by atoms with E-state index < -0.39 is 35.8 Å². The molecule has 4 rings (SSSR count). The van der Waals surface area contributed by atoms with Crippen molar-refractivity contribution in [1.82, 2.24) is 15.1 Å². The first-order valence-corrected chi connectivity index (χ1v) is 13.1. The molecule has 1 aromatic rings. The van der Waals surface area contributed by atoms with Crippen molar-refractivity contribution in [2.24, 2.45) is 11.7 Å². The SMILES string of the molecule is CN[C@@H](C)C(=O)N(C(=O)[C@@H](N)C1CCCCC1)C(=O)[C@@H]1CCCN1[C@@H]1CCCc2ccccc21.Cl. The number of nitrogens with two attached hydrogens (primary N) is 1. The van der Waals surface area contributed by atoms with Gasteiger partial charge in [-0.1, -0.05) is 43.5 Å². The molecule has 2 aliphatic carbocycles. The number of amides is 3. The highest BCUT2D eigenvalue weighted by molar-refractivity contribution is 6.15. The summed E-state index contributed by atoms with van der Waals surface area (Å²) in [6.45, 7) is 2.48. The molecular formula is C27H41ClN4O3. The van der Waals surface area contributed by atoms with Gasteiger partial charge < -0.3 is 11.1 Å². The third kappa shape index (κ3) is 5.79. The lowest BCUT2D eigenvalue weighted by molar-refractivity contribution is -0.158. The topological polar surface area (TPSA) is 95.7 Å². The van der Waals surface area contributed by atoms with Crippen LogP contribution in [-0.2, 0) is 20.8 Å². The summed E-state index contributed by atoms with van der Waals surface area (Å²) in [5, 5.41) is 2.90. The predicted molar refractivity (Wildman–Crippen MR) is 139 cm³/mol. The Kier molecular flexibility index (Phi) is 9.87. The van der Waals surface area contributed by atoms with Gasteiger partial charge in [-0.2, -0.15) is 0 Å². The third-order valence-corrected chi connectivity index (χ3v) is 8.22. The average molecular weight is 505 g/mol. The molecular weight excluding hydrogens is 464 g/mol. The molecule has 0 aromatic heterocycles. The highest BCUT2D eigenvalue weighted by atomic mass is 35.5. The van der Waals surface area contributed by atoms with Crippen molar-refractivity contribution in [3.63, 3.8) is 0 Å². The zero-order valence-electron chi connectivity index (χ0n) is 21.1. The maximum Gasteiger partial charge on any atom is 0.253 e. The van der Waals surface area contributed by atoms with Crippen LogP contribution in [0.15, 0.2) is 24.3 Å². The van der Waals surface area contributed by atoms with E-state index in [0.29, 0.717) is 6.42 Å². The van der Waals surface area contributed by atoms with Gasteiger partial charge in [-0.3, -0.25) is 19.3 Å². The number of halogens is 1. The number of fused-ring (bicyclic) bond motifs is 1. The lowest BCUT2D eigenvalue weighted by Gasteiger charge is -2.38. The molecule has 2 fully saturated rings. The number of carbonyl (C=O) groups excluding carboxylic acids is 3. The van der Waals surface area contributed by atoms with Gasteiger partial charge in [0.25, 0.3) is 17.7 Å². The minimum atomic E-state index is -0.817. The minimum absolute atomic E-state index is 0. The fourth-order valence-electron chi connectivity index (χ4n) is 6.14. The summed E-state index contributed by atoms with van der Waals surface area (Å²) in [6.07, 6.45) is 9.62. The van der Waals surface area contributed by atoms with Crippen LogP contribution in [0.2, 0.25) is 0 Å². The van der Waals surface area contributed by atoms with E-state index in [1.54, 1.807) is 14.0 Å². The minimum Gasteiger partial charge on any atom is -0.320 e. The Balaban J connectivity index is 0.00000342. The Hall–Kier alpha value is -1.80. The zero-order chi connectivity index (χ0) is 24.2. The summed E-state index contributed by atoms with van der Waals surface area (Å²) in [5.74, 6) is -1.40. The van der Waals surface area contributed by atoms with Crippen molar-refractivity contribution >= 4 is 30.1 Å². The summed E-state index contributed by atoms with van der Waals surface area (Å²) >= 11 is 0. The second-order valence-corrected chi connectivity index (χ2v) is 10.3. The largest absolute Gasteiger partial charge is 0.320 e. The van der Waals surface area contributed by atoms with E-state index in [9.17, 15) is 14.4 Å². The number of rotatable bonds is 6. The summed E-state index contributed by atoms with van der Waals surface area (Å²) in [5.41, 5.74) is 9.03. The van der Waals surface area contributed by atoms with E-state index in [1.807, 2.05) is 0 Å². The second kappa shape index (κ2) is 12.4. The molecule has 1 saturated carbocycles. The Morgan fingerprint density at radius 3 is 2.43 bits per heavy atom. The number of hydrogen-bond donors (Lipinski definition) is 2. The highest BCUT2D eigenvalue weighted by Gasteiger charge is 2.45. The van der Waals surface area contributed by atoms with Crippen LogP contribution < -0.4 is 11.1 Å². The fraction of sp³-hybridized carbons (Fsp3) is 0.667. The highest BCUT2D eigenvalue weighted by Crippen LogP contribution is 2.39.